The first kappa shape index (κ1) is 20.2. The Morgan fingerprint density at radius 2 is 1.83 bits per heavy atom. The number of imide groups is 1. The monoisotopic (exact) mass is 409 g/mol. The lowest BCUT2D eigenvalue weighted by Crippen LogP contribution is -2.52. The number of nitrogens with one attached hydrogen (secondary N) is 2. The van der Waals surface area contributed by atoms with Crippen LogP contribution in [0.1, 0.15) is 51.0 Å². The maximum atomic E-state index is 12.9. The van der Waals surface area contributed by atoms with Crippen LogP contribution in [-0.4, -0.2) is 35.5 Å². The van der Waals surface area contributed by atoms with Gasteiger partial charge in [0.15, 0.2) is 0 Å². The summed E-state index contributed by atoms with van der Waals surface area (Å²) in [5.74, 6) is 0.0284. The molecule has 158 valence electrons. The molecule has 1 spiro atoms. The minimum absolute atomic E-state index is 0.356. The highest BCUT2D eigenvalue weighted by atomic mass is 16.5. The van der Waals surface area contributed by atoms with Gasteiger partial charge in [-0.25, -0.2) is 4.79 Å². The predicted molar refractivity (Wildman–Crippen MR) is 113 cm³/mol. The van der Waals surface area contributed by atoms with E-state index in [2.05, 4.69) is 17.7 Å². The van der Waals surface area contributed by atoms with Gasteiger partial charge in [0.1, 0.15) is 11.3 Å². The first-order valence-electron chi connectivity index (χ1n) is 10.4. The first-order valence-corrected chi connectivity index (χ1v) is 10.4. The molecule has 0 unspecified atom stereocenters. The second kappa shape index (κ2) is 7.63. The quantitative estimate of drug-likeness (QED) is 0.757. The van der Waals surface area contributed by atoms with Gasteiger partial charge in [-0.1, -0.05) is 31.2 Å². The summed E-state index contributed by atoms with van der Waals surface area (Å²) in [5.41, 5.74) is 2.47. The van der Waals surface area contributed by atoms with Gasteiger partial charge in [0, 0.05) is 0 Å². The molecule has 2 aromatic rings. The molecule has 4 rings (SSSR count). The van der Waals surface area contributed by atoms with Crippen molar-refractivity contribution in [1.29, 1.82) is 0 Å². The van der Waals surface area contributed by atoms with Crippen LogP contribution < -0.4 is 15.5 Å². The standard InChI is InChI=1S/C23H27N3O4/c1-14-8-10-23(11-9-14)21(28)26(22(29)24-23)25-20(27)15(2)16-4-5-18-13-19(30-3)7-6-17(18)12-16/h4-7,12-15H,8-11H2,1-3H3,(H,24,29)(H,25,27)/t14?,15-,23?/m0/s1. The highest BCUT2D eigenvalue weighted by Crippen LogP contribution is 2.36. The van der Waals surface area contributed by atoms with Crippen LogP contribution in [-0.2, 0) is 9.59 Å². The zero-order valence-corrected chi connectivity index (χ0v) is 17.5. The number of hydrazine groups is 1. The summed E-state index contributed by atoms with van der Waals surface area (Å²) in [7, 11) is 1.62. The van der Waals surface area contributed by atoms with E-state index in [0.717, 1.165) is 39.9 Å². The van der Waals surface area contributed by atoms with Gasteiger partial charge in [0.2, 0.25) is 5.91 Å². The molecule has 7 nitrogen and oxygen atoms in total. The lowest BCUT2D eigenvalue weighted by molar-refractivity contribution is -0.140. The molecule has 1 saturated carbocycles. The lowest BCUT2D eigenvalue weighted by Gasteiger charge is -2.33. The number of fused-ring (bicyclic) bond motifs is 1. The van der Waals surface area contributed by atoms with E-state index >= 15 is 0 Å². The Kier molecular flexibility index (Phi) is 5.13. The molecule has 0 radical (unpaired) electrons. The number of hydrogen-bond acceptors (Lipinski definition) is 4. The normalized spacial score (nSPS) is 24.8. The summed E-state index contributed by atoms with van der Waals surface area (Å²) in [5, 5.41) is 5.67. The van der Waals surface area contributed by atoms with E-state index in [0.29, 0.717) is 18.8 Å². The molecule has 1 aliphatic heterocycles. The molecule has 2 fully saturated rings. The average Bonchev–Trinajstić information content (AvgIpc) is 2.98. The van der Waals surface area contributed by atoms with E-state index in [1.54, 1.807) is 14.0 Å². The molecule has 0 aromatic heterocycles. The summed E-state index contributed by atoms with van der Waals surface area (Å²) >= 11 is 0. The van der Waals surface area contributed by atoms with Gasteiger partial charge < -0.3 is 10.1 Å². The van der Waals surface area contributed by atoms with Crippen molar-refractivity contribution in [2.45, 2.75) is 51.0 Å². The predicted octanol–water partition coefficient (Wildman–Crippen LogP) is 3.48. The maximum absolute atomic E-state index is 12.9. The van der Waals surface area contributed by atoms with Gasteiger partial charge in [-0.15, -0.1) is 0 Å². The van der Waals surface area contributed by atoms with Crippen molar-refractivity contribution >= 4 is 28.6 Å². The van der Waals surface area contributed by atoms with Gasteiger partial charge in [-0.05, 0) is 67.0 Å². The molecule has 1 aliphatic carbocycles. The second-order valence-corrected chi connectivity index (χ2v) is 8.51. The number of hydrogen-bond donors (Lipinski definition) is 2. The molecule has 2 aliphatic rings. The van der Waals surface area contributed by atoms with Crippen molar-refractivity contribution in [3.8, 4) is 5.75 Å². The van der Waals surface area contributed by atoms with Crippen LogP contribution in [0.4, 0.5) is 4.79 Å². The summed E-state index contributed by atoms with van der Waals surface area (Å²) in [6.07, 6.45) is 2.97. The fourth-order valence-electron chi connectivity index (χ4n) is 4.31. The highest BCUT2D eigenvalue weighted by Gasteiger charge is 2.53. The first-order chi connectivity index (χ1) is 14.3. The Balaban J connectivity index is 1.49. The molecule has 0 bridgehead atoms. The van der Waals surface area contributed by atoms with Crippen molar-refractivity contribution in [3.63, 3.8) is 0 Å². The Morgan fingerprint density at radius 1 is 1.17 bits per heavy atom. The van der Waals surface area contributed by atoms with Crippen LogP contribution in [0.3, 0.4) is 0 Å². The molecule has 1 saturated heterocycles. The van der Waals surface area contributed by atoms with E-state index in [4.69, 9.17) is 4.74 Å². The molecule has 1 heterocycles. The number of carbonyl (C=O) groups is 3. The molecule has 4 amide bonds. The summed E-state index contributed by atoms with van der Waals surface area (Å²) in [4.78, 5) is 38.2. The third-order valence-corrected chi connectivity index (χ3v) is 6.48. The number of carbonyl (C=O) groups excluding carboxylic acids is 3. The number of methoxy groups -OCH3 is 1. The summed E-state index contributed by atoms with van der Waals surface area (Å²) in [6, 6.07) is 10.9. The molecule has 2 N–H and O–H groups in total. The van der Waals surface area contributed by atoms with Crippen LogP contribution in [0, 0.1) is 5.92 Å². The molecule has 30 heavy (non-hydrogen) atoms. The molecule has 1 atom stereocenters. The third kappa shape index (κ3) is 3.49. The Labute approximate surface area is 175 Å². The average molecular weight is 409 g/mol. The van der Waals surface area contributed by atoms with Gasteiger partial charge in [-0.3, -0.25) is 15.0 Å². The minimum Gasteiger partial charge on any atom is -0.497 e. The Morgan fingerprint density at radius 3 is 2.53 bits per heavy atom. The van der Waals surface area contributed by atoms with Gasteiger partial charge in [0.05, 0.1) is 13.0 Å². The number of urea groups is 1. The van der Waals surface area contributed by atoms with Crippen molar-refractivity contribution in [1.82, 2.24) is 15.8 Å². The smallest absolute Gasteiger partial charge is 0.344 e. The fourth-order valence-corrected chi connectivity index (χ4v) is 4.31. The lowest BCUT2D eigenvalue weighted by atomic mass is 9.77. The van der Waals surface area contributed by atoms with Crippen molar-refractivity contribution in [3.05, 3.63) is 42.0 Å². The van der Waals surface area contributed by atoms with Crippen molar-refractivity contribution in [2.75, 3.05) is 7.11 Å². The van der Waals surface area contributed by atoms with E-state index in [9.17, 15) is 14.4 Å². The molecular weight excluding hydrogens is 382 g/mol. The van der Waals surface area contributed by atoms with E-state index < -0.39 is 23.4 Å². The van der Waals surface area contributed by atoms with Gasteiger partial charge in [0.25, 0.3) is 5.91 Å². The molecule has 2 aromatic carbocycles. The topological polar surface area (TPSA) is 87.7 Å². The largest absolute Gasteiger partial charge is 0.497 e. The van der Waals surface area contributed by atoms with Crippen LogP contribution in [0.25, 0.3) is 10.8 Å². The van der Waals surface area contributed by atoms with Crippen LogP contribution >= 0.6 is 0 Å². The van der Waals surface area contributed by atoms with Gasteiger partial charge in [-0.2, -0.15) is 5.01 Å². The number of ether oxygens (including phenoxy) is 1. The Bertz CT molecular complexity index is 1010. The molecule has 7 heteroatoms. The fraction of sp³-hybridized carbons (Fsp3) is 0.435. The Hall–Kier alpha value is -3.09. The van der Waals surface area contributed by atoms with Crippen LogP contribution in [0.2, 0.25) is 0 Å². The van der Waals surface area contributed by atoms with Crippen molar-refractivity contribution < 1.29 is 19.1 Å². The van der Waals surface area contributed by atoms with E-state index in [-0.39, 0.29) is 5.91 Å². The summed E-state index contributed by atoms with van der Waals surface area (Å²) < 4.78 is 5.25. The number of rotatable bonds is 4. The molecular formula is C23H27N3O4. The zero-order chi connectivity index (χ0) is 21.5. The van der Waals surface area contributed by atoms with Crippen molar-refractivity contribution in [2.24, 2.45) is 5.92 Å². The van der Waals surface area contributed by atoms with Crippen LogP contribution in [0.5, 0.6) is 5.75 Å². The summed E-state index contributed by atoms with van der Waals surface area (Å²) in [6.45, 7) is 3.91. The number of amides is 4. The second-order valence-electron chi connectivity index (χ2n) is 8.51. The number of benzene rings is 2. The maximum Gasteiger partial charge on any atom is 0.344 e. The van der Waals surface area contributed by atoms with Crippen LogP contribution in [0.15, 0.2) is 36.4 Å². The SMILES string of the molecule is COc1ccc2cc([C@H](C)C(=O)NN3C(=O)NC4(CCC(C)CC4)C3=O)ccc2c1. The zero-order valence-electron chi connectivity index (χ0n) is 17.5. The van der Waals surface area contributed by atoms with Gasteiger partial charge >= 0.3 is 6.03 Å². The minimum atomic E-state index is -0.873. The number of nitrogens with zero attached hydrogens (tertiary/aromatic N) is 1. The highest BCUT2D eigenvalue weighted by molar-refractivity contribution is 6.08. The van der Waals surface area contributed by atoms with E-state index in [1.165, 1.54) is 0 Å². The van der Waals surface area contributed by atoms with E-state index in [1.807, 2.05) is 36.4 Å². The third-order valence-electron chi connectivity index (χ3n) is 6.48.